The topological polar surface area (TPSA) is 70.4 Å². The SMILES string of the molecule is O=C(O)c1ccc(CC(O)c2nccs2)cc1. The van der Waals surface area contributed by atoms with E-state index in [0.29, 0.717) is 11.4 Å². The van der Waals surface area contributed by atoms with Crippen LogP contribution in [-0.2, 0) is 6.42 Å². The number of hydrogen-bond donors (Lipinski definition) is 2. The first-order valence-corrected chi connectivity index (χ1v) is 5.94. The largest absolute Gasteiger partial charge is 0.478 e. The third-order valence-electron chi connectivity index (χ3n) is 2.37. The number of aliphatic hydroxyl groups excluding tert-OH is 1. The van der Waals surface area contributed by atoms with Crippen LogP contribution >= 0.6 is 11.3 Å². The molecular formula is C12H11NO3S. The molecule has 0 radical (unpaired) electrons. The van der Waals surface area contributed by atoms with E-state index in [1.165, 1.54) is 23.5 Å². The lowest BCUT2D eigenvalue weighted by atomic mass is 10.1. The fourth-order valence-corrected chi connectivity index (χ4v) is 2.12. The Bertz CT molecular complexity index is 493. The average Bonchev–Trinajstić information content (AvgIpc) is 2.83. The maximum absolute atomic E-state index is 10.7. The fraction of sp³-hybridized carbons (Fsp3) is 0.167. The first-order chi connectivity index (χ1) is 8.16. The van der Waals surface area contributed by atoms with Crippen LogP contribution in [0.3, 0.4) is 0 Å². The summed E-state index contributed by atoms with van der Waals surface area (Å²) < 4.78 is 0. The Morgan fingerprint density at radius 2 is 2.06 bits per heavy atom. The molecule has 17 heavy (non-hydrogen) atoms. The number of nitrogens with zero attached hydrogens (tertiary/aromatic N) is 1. The number of hydrogen-bond acceptors (Lipinski definition) is 4. The summed E-state index contributed by atoms with van der Waals surface area (Å²) in [4.78, 5) is 14.7. The van der Waals surface area contributed by atoms with E-state index < -0.39 is 12.1 Å². The van der Waals surface area contributed by atoms with Crippen molar-refractivity contribution in [3.8, 4) is 0 Å². The molecule has 1 aromatic heterocycles. The van der Waals surface area contributed by atoms with E-state index in [0.717, 1.165) is 5.56 Å². The van der Waals surface area contributed by atoms with E-state index in [4.69, 9.17) is 5.11 Å². The molecule has 0 amide bonds. The molecule has 2 rings (SSSR count). The smallest absolute Gasteiger partial charge is 0.335 e. The van der Waals surface area contributed by atoms with Gasteiger partial charge in [-0.1, -0.05) is 12.1 Å². The second-order valence-corrected chi connectivity index (χ2v) is 4.52. The molecule has 0 saturated heterocycles. The lowest BCUT2D eigenvalue weighted by Crippen LogP contribution is -2.02. The van der Waals surface area contributed by atoms with Crippen LogP contribution in [-0.4, -0.2) is 21.2 Å². The van der Waals surface area contributed by atoms with Crippen LogP contribution in [0.2, 0.25) is 0 Å². The molecule has 88 valence electrons. The summed E-state index contributed by atoms with van der Waals surface area (Å²) in [6.07, 6.45) is 1.45. The van der Waals surface area contributed by atoms with E-state index in [-0.39, 0.29) is 5.56 Å². The van der Waals surface area contributed by atoms with E-state index in [1.807, 2.05) is 5.38 Å². The summed E-state index contributed by atoms with van der Waals surface area (Å²) in [6, 6.07) is 6.49. The summed E-state index contributed by atoms with van der Waals surface area (Å²) in [5.41, 5.74) is 1.13. The van der Waals surface area contributed by atoms with Crippen LogP contribution in [0.4, 0.5) is 0 Å². The molecule has 0 saturated carbocycles. The standard InChI is InChI=1S/C12H11NO3S/c14-10(11-13-5-6-17-11)7-8-1-3-9(4-2-8)12(15)16/h1-6,10,14H,7H2,(H,15,16). The highest BCUT2D eigenvalue weighted by Gasteiger charge is 2.11. The van der Waals surface area contributed by atoms with Crippen molar-refractivity contribution in [1.29, 1.82) is 0 Å². The highest BCUT2D eigenvalue weighted by molar-refractivity contribution is 7.09. The summed E-state index contributed by atoms with van der Waals surface area (Å²) in [7, 11) is 0. The van der Waals surface area contributed by atoms with Crippen LogP contribution < -0.4 is 0 Å². The van der Waals surface area contributed by atoms with Crippen LogP contribution in [0.15, 0.2) is 35.8 Å². The Morgan fingerprint density at radius 1 is 1.35 bits per heavy atom. The number of aromatic nitrogens is 1. The molecule has 1 aromatic carbocycles. The van der Waals surface area contributed by atoms with E-state index in [9.17, 15) is 9.90 Å². The van der Waals surface area contributed by atoms with Crippen LogP contribution in [0.25, 0.3) is 0 Å². The van der Waals surface area contributed by atoms with Crippen LogP contribution in [0, 0.1) is 0 Å². The third kappa shape index (κ3) is 2.89. The fourth-order valence-electron chi connectivity index (χ4n) is 1.49. The monoisotopic (exact) mass is 249 g/mol. The van der Waals surface area contributed by atoms with Crippen molar-refractivity contribution in [3.63, 3.8) is 0 Å². The predicted molar refractivity (Wildman–Crippen MR) is 64.2 cm³/mol. The van der Waals surface area contributed by atoms with Gasteiger partial charge in [0.1, 0.15) is 11.1 Å². The van der Waals surface area contributed by atoms with Gasteiger partial charge in [0, 0.05) is 18.0 Å². The van der Waals surface area contributed by atoms with Crippen LogP contribution in [0.1, 0.15) is 27.0 Å². The molecule has 0 spiro atoms. The van der Waals surface area contributed by atoms with Gasteiger partial charge < -0.3 is 10.2 Å². The van der Waals surface area contributed by atoms with E-state index >= 15 is 0 Å². The molecular weight excluding hydrogens is 238 g/mol. The number of carboxylic acids is 1. The highest BCUT2D eigenvalue weighted by atomic mass is 32.1. The number of aliphatic hydroxyl groups is 1. The van der Waals surface area contributed by atoms with Gasteiger partial charge in [-0.15, -0.1) is 11.3 Å². The van der Waals surface area contributed by atoms with Crippen molar-refractivity contribution >= 4 is 17.3 Å². The molecule has 0 fully saturated rings. The molecule has 2 N–H and O–H groups in total. The van der Waals surface area contributed by atoms with Gasteiger partial charge in [-0.3, -0.25) is 0 Å². The van der Waals surface area contributed by atoms with Gasteiger partial charge in [0.2, 0.25) is 0 Å². The number of thiazole rings is 1. The quantitative estimate of drug-likeness (QED) is 0.870. The van der Waals surface area contributed by atoms with Gasteiger partial charge in [0.25, 0.3) is 0 Å². The molecule has 1 unspecified atom stereocenters. The van der Waals surface area contributed by atoms with E-state index in [1.54, 1.807) is 18.3 Å². The molecule has 0 bridgehead atoms. The molecule has 5 heteroatoms. The minimum atomic E-state index is -0.947. The summed E-state index contributed by atoms with van der Waals surface area (Å²) in [6.45, 7) is 0. The Labute approximate surface area is 102 Å². The van der Waals surface area contributed by atoms with Crippen molar-refractivity contribution < 1.29 is 15.0 Å². The van der Waals surface area contributed by atoms with Gasteiger partial charge in [0.05, 0.1) is 5.56 Å². The lowest BCUT2D eigenvalue weighted by molar-refractivity contribution is 0.0697. The zero-order chi connectivity index (χ0) is 12.3. The van der Waals surface area contributed by atoms with Crippen molar-refractivity contribution in [1.82, 2.24) is 4.98 Å². The average molecular weight is 249 g/mol. The maximum atomic E-state index is 10.7. The van der Waals surface area contributed by atoms with Gasteiger partial charge in [0.15, 0.2) is 0 Å². The number of benzene rings is 1. The zero-order valence-corrected chi connectivity index (χ0v) is 9.72. The first-order valence-electron chi connectivity index (χ1n) is 5.06. The number of carboxylic acid groups (broad SMARTS) is 1. The predicted octanol–water partition coefficient (Wildman–Crippen LogP) is 2.12. The lowest BCUT2D eigenvalue weighted by Gasteiger charge is -2.07. The first kappa shape index (κ1) is 11.8. The third-order valence-corrected chi connectivity index (χ3v) is 3.24. The summed E-state index contributed by atoms with van der Waals surface area (Å²) in [5, 5.41) is 21.1. The number of aromatic carboxylic acids is 1. The van der Waals surface area contributed by atoms with Gasteiger partial charge in [-0.2, -0.15) is 0 Å². The summed E-state index contributed by atoms with van der Waals surface area (Å²) >= 11 is 1.40. The Balaban J connectivity index is 2.06. The van der Waals surface area contributed by atoms with Crippen LogP contribution in [0.5, 0.6) is 0 Å². The molecule has 0 aliphatic heterocycles. The van der Waals surface area contributed by atoms with E-state index in [2.05, 4.69) is 4.98 Å². The second-order valence-electron chi connectivity index (χ2n) is 3.59. The van der Waals surface area contributed by atoms with Crippen molar-refractivity contribution in [3.05, 3.63) is 52.0 Å². The second kappa shape index (κ2) is 5.07. The number of carbonyl (C=O) groups is 1. The molecule has 1 heterocycles. The van der Waals surface area contributed by atoms with Crippen molar-refractivity contribution in [2.75, 3.05) is 0 Å². The van der Waals surface area contributed by atoms with Crippen molar-refractivity contribution in [2.45, 2.75) is 12.5 Å². The molecule has 2 aromatic rings. The number of rotatable bonds is 4. The molecule has 1 atom stereocenters. The van der Waals surface area contributed by atoms with Gasteiger partial charge in [-0.25, -0.2) is 9.78 Å². The molecule has 4 nitrogen and oxygen atoms in total. The summed E-state index contributed by atoms with van der Waals surface area (Å²) in [5.74, 6) is -0.947. The molecule has 0 aliphatic rings. The highest BCUT2D eigenvalue weighted by Crippen LogP contribution is 2.20. The minimum Gasteiger partial charge on any atom is -0.478 e. The van der Waals surface area contributed by atoms with Crippen molar-refractivity contribution in [2.24, 2.45) is 0 Å². The maximum Gasteiger partial charge on any atom is 0.335 e. The van der Waals surface area contributed by atoms with Gasteiger partial charge in [-0.05, 0) is 17.7 Å². The van der Waals surface area contributed by atoms with Gasteiger partial charge >= 0.3 is 5.97 Å². The molecule has 0 aliphatic carbocycles. The zero-order valence-electron chi connectivity index (χ0n) is 8.91. The minimum absolute atomic E-state index is 0.248. The Morgan fingerprint density at radius 3 is 2.59 bits per heavy atom. The normalized spacial score (nSPS) is 12.3. The Kier molecular flexibility index (Phi) is 3.51. The Hall–Kier alpha value is -1.72.